The molecule has 2 aromatic rings. The molecule has 0 spiro atoms. The van der Waals surface area contributed by atoms with Crippen molar-refractivity contribution in [3.8, 4) is 0 Å². The number of benzene rings is 1. The lowest BCUT2D eigenvalue weighted by molar-refractivity contribution is -0.116. The normalized spacial score (nSPS) is 11.3. The van der Waals surface area contributed by atoms with Gasteiger partial charge in [0, 0.05) is 13.0 Å². The SMILES string of the molecule is CC(C)(C)OC(=O)NCCCCCCC(=O)Nc1nc2ccccc2s1. The van der Waals surface area contributed by atoms with Gasteiger partial charge in [0.2, 0.25) is 5.91 Å². The van der Waals surface area contributed by atoms with E-state index in [1.165, 1.54) is 11.3 Å². The smallest absolute Gasteiger partial charge is 0.407 e. The maximum Gasteiger partial charge on any atom is 0.407 e. The molecule has 1 heterocycles. The van der Waals surface area contributed by atoms with Crippen molar-refractivity contribution in [2.24, 2.45) is 0 Å². The Morgan fingerprint density at radius 1 is 1.12 bits per heavy atom. The summed E-state index contributed by atoms with van der Waals surface area (Å²) in [5.41, 5.74) is 0.436. The molecule has 0 aliphatic rings. The first-order valence-electron chi connectivity index (χ1n) is 8.96. The average molecular weight is 378 g/mol. The van der Waals surface area contributed by atoms with Gasteiger partial charge in [-0.2, -0.15) is 0 Å². The molecule has 0 saturated heterocycles. The summed E-state index contributed by atoms with van der Waals surface area (Å²) < 4.78 is 6.24. The minimum Gasteiger partial charge on any atom is -0.444 e. The third-order valence-electron chi connectivity index (χ3n) is 3.54. The second kappa shape index (κ2) is 9.52. The second-order valence-corrected chi connectivity index (χ2v) is 8.16. The standard InChI is InChI=1S/C19H27N3O3S/c1-19(2,3)25-18(24)20-13-9-5-4-6-12-16(23)22-17-21-14-10-7-8-11-15(14)26-17/h7-8,10-11H,4-6,9,12-13H2,1-3H3,(H,20,24)(H,21,22,23). The van der Waals surface area contributed by atoms with Gasteiger partial charge in [-0.1, -0.05) is 36.3 Å². The van der Waals surface area contributed by atoms with E-state index in [0.717, 1.165) is 35.9 Å². The van der Waals surface area contributed by atoms with Crippen LogP contribution in [0, 0.1) is 0 Å². The molecular formula is C19H27N3O3S. The Morgan fingerprint density at radius 3 is 2.58 bits per heavy atom. The molecule has 2 N–H and O–H groups in total. The highest BCUT2D eigenvalue weighted by molar-refractivity contribution is 7.22. The molecule has 0 aliphatic heterocycles. The van der Waals surface area contributed by atoms with Gasteiger partial charge in [-0.15, -0.1) is 0 Å². The molecule has 0 unspecified atom stereocenters. The van der Waals surface area contributed by atoms with Crippen molar-refractivity contribution in [1.29, 1.82) is 0 Å². The highest BCUT2D eigenvalue weighted by atomic mass is 32.1. The summed E-state index contributed by atoms with van der Waals surface area (Å²) in [7, 11) is 0. The van der Waals surface area contributed by atoms with Crippen molar-refractivity contribution in [3.63, 3.8) is 0 Å². The van der Waals surface area contributed by atoms with Crippen LogP contribution in [0.5, 0.6) is 0 Å². The van der Waals surface area contributed by atoms with Gasteiger partial charge in [0.05, 0.1) is 10.2 Å². The minimum atomic E-state index is -0.472. The number of fused-ring (bicyclic) bond motifs is 1. The molecule has 0 aliphatic carbocycles. The molecule has 0 saturated carbocycles. The number of aromatic nitrogens is 1. The molecule has 142 valence electrons. The molecule has 7 heteroatoms. The van der Waals surface area contributed by atoms with E-state index in [-0.39, 0.29) is 12.0 Å². The Bertz CT molecular complexity index is 704. The first-order chi connectivity index (χ1) is 12.3. The van der Waals surface area contributed by atoms with Crippen molar-refractivity contribution in [2.75, 3.05) is 11.9 Å². The van der Waals surface area contributed by atoms with Crippen molar-refractivity contribution >= 4 is 38.7 Å². The second-order valence-electron chi connectivity index (χ2n) is 7.13. The summed E-state index contributed by atoms with van der Waals surface area (Å²) in [6.45, 7) is 6.11. The molecule has 0 radical (unpaired) electrons. The molecule has 0 fully saturated rings. The maximum absolute atomic E-state index is 12.0. The zero-order valence-electron chi connectivity index (χ0n) is 15.6. The fraction of sp³-hybridized carbons (Fsp3) is 0.526. The van der Waals surface area contributed by atoms with Gasteiger partial charge in [0.25, 0.3) is 0 Å². The number of nitrogens with one attached hydrogen (secondary N) is 2. The summed E-state index contributed by atoms with van der Waals surface area (Å²) in [6.07, 6.45) is 3.71. The number of ether oxygens (including phenoxy) is 1. The van der Waals surface area contributed by atoms with E-state index in [1.54, 1.807) is 0 Å². The van der Waals surface area contributed by atoms with E-state index < -0.39 is 5.60 Å². The number of para-hydroxylation sites is 1. The monoisotopic (exact) mass is 377 g/mol. The zero-order valence-corrected chi connectivity index (χ0v) is 16.4. The number of amides is 2. The Balaban J connectivity index is 1.54. The van der Waals surface area contributed by atoms with E-state index >= 15 is 0 Å². The first-order valence-corrected chi connectivity index (χ1v) is 9.77. The number of hydrogen-bond donors (Lipinski definition) is 2. The van der Waals surface area contributed by atoms with Crippen LogP contribution in [0.2, 0.25) is 0 Å². The van der Waals surface area contributed by atoms with Crippen LogP contribution in [0.25, 0.3) is 10.2 Å². The molecule has 0 atom stereocenters. The van der Waals surface area contributed by atoms with Crippen LogP contribution < -0.4 is 10.6 Å². The van der Waals surface area contributed by atoms with Crippen LogP contribution >= 0.6 is 11.3 Å². The summed E-state index contributed by atoms with van der Waals surface area (Å²) in [6, 6.07) is 7.83. The number of carbonyl (C=O) groups excluding carboxylic acids is 2. The lowest BCUT2D eigenvalue weighted by Gasteiger charge is -2.19. The minimum absolute atomic E-state index is 0.00376. The molecule has 1 aromatic heterocycles. The zero-order chi connectivity index (χ0) is 19.0. The highest BCUT2D eigenvalue weighted by Crippen LogP contribution is 2.25. The van der Waals surface area contributed by atoms with Gasteiger partial charge in [-0.25, -0.2) is 9.78 Å². The van der Waals surface area contributed by atoms with Crippen LogP contribution in [-0.2, 0) is 9.53 Å². The van der Waals surface area contributed by atoms with E-state index in [2.05, 4.69) is 15.6 Å². The van der Waals surface area contributed by atoms with Gasteiger partial charge in [-0.05, 0) is 45.7 Å². The number of anilines is 1. The summed E-state index contributed by atoms with van der Waals surface area (Å²) in [5, 5.41) is 6.25. The maximum atomic E-state index is 12.0. The van der Waals surface area contributed by atoms with Crippen LogP contribution in [0.4, 0.5) is 9.93 Å². The van der Waals surface area contributed by atoms with E-state index in [4.69, 9.17) is 4.74 Å². The van der Waals surface area contributed by atoms with Crippen molar-refractivity contribution in [3.05, 3.63) is 24.3 Å². The first kappa shape index (κ1) is 20.2. The van der Waals surface area contributed by atoms with Gasteiger partial charge in [0.15, 0.2) is 5.13 Å². The molecule has 1 aromatic carbocycles. The fourth-order valence-corrected chi connectivity index (χ4v) is 3.26. The molecular weight excluding hydrogens is 350 g/mol. The van der Waals surface area contributed by atoms with Crippen molar-refractivity contribution < 1.29 is 14.3 Å². The highest BCUT2D eigenvalue weighted by Gasteiger charge is 2.15. The Kier molecular flexibility index (Phi) is 7.38. The number of unbranched alkanes of at least 4 members (excludes halogenated alkanes) is 3. The van der Waals surface area contributed by atoms with Crippen molar-refractivity contribution in [1.82, 2.24) is 10.3 Å². The Morgan fingerprint density at radius 2 is 1.85 bits per heavy atom. The Labute approximate surface area is 158 Å². The summed E-state index contributed by atoms with van der Waals surface area (Å²) in [5.74, 6) is -0.00376. The quantitative estimate of drug-likeness (QED) is 0.653. The van der Waals surface area contributed by atoms with Crippen molar-refractivity contribution in [2.45, 2.75) is 58.5 Å². The van der Waals surface area contributed by atoms with Gasteiger partial charge in [-0.3, -0.25) is 4.79 Å². The van der Waals surface area contributed by atoms with E-state index in [9.17, 15) is 9.59 Å². The van der Waals surface area contributed by atoms with Gasteiger partial charge >= 0.3 is 6.09 Å². The molecule has 2 rings (SSSR count). The third kappa shape index (κ3) is 7.39. The largest absolute Gasteiger partial charge is 0.444 e. The average Bonchev–Trinajstić information content (AvgIpc) is 2.94. The third-order valence-corrected chi connectivity index (χ3v) is 4.49. The predicted molar refractivity (Wildman–Crippen MR) is 106 cm³/mol. The number of nitrogens with zero attached hydrogens (tertiary/aromatic N) is 1. The van der Waals surface area contributed by atoms with E-state index in [1.807, 2.05) is 45.0 Å². The Hall–Kier alpha value is -2.15. The molecule has 6 nitrogen and oxygen atoms in total. The number of alkyl carbamates (subject to hydrolysis) is 1. The predicted octanol–water partition coefficient (Wildman–Crippen LogP) is 4.71. The number of carbonyl (C=O) groups is 2. The molecule has 0 bridgehead atoms. The topological polar surface area (TPSA) is 80.3 Å². The van der Waals surface area contributed by atoms with Crippen LogP contribution in [-0.4, -0.2) is 29.1 Å². The molecule has 2 amide bonds. The summed E-state index contributed by atoms with van der Waals surface area (Å²) >= 11 is 1.49. The lowest BCUT2D eigenvalue weighted by Crippen LogP contribution is -2.32. The van der Waals surface area contributed by atoms with Crippen LogP contribution in [0.3, 0.4) is 0 Å². The van der Waals surface area contributed by atoms with Crippen LogP contribution in [0.15, 0.2) is 24.3 Å². The fourth-order valence-electron chi connectivity index (χ4n) is 2.38. The van der Waals surface area contributed by atoms with Crippen LogP contribution in [0.1, 0.15) is 52.9 Å². The number of hydrogen-bond acceptors (Lipinski definition) is 5. The lowest BCUT2D eigenvalue weighted by atomic mass is 10.1. The van der Waals surface area contributed by atoms with Gasteiger partial charge in [0.1, 0.15) is 5.60 Å². The summed E-state index contributed by atoms with van der Waals surface area (Å²) in [4.78, 5) is 27.9. The number of thiazole rings is 1. The van der Waals surface area contributed by atoms with E-state index in [0.29, 0.717) is 18.1 Å². The van der Waals surface area contributed by atoms with Gasteiger partial charge < -0.3 is 15.4 Å². The molecule has 26 heavy (non-hydrogen) atoms. The number of rotatable bonds is 8.